The van der Waals surface area contributed by atoms with E-state index in [1.165, 1.54) is 43.2 Å². The number of rotatable bonds is 6. The van der Waals surface area contributed by atoms with Crippen LogP contribution in [0.1, 0.15) is 56.2 Å². The fourth-order valence-corrected chi connectivity index (χ4v) is 3.30. The Balaban J connectivity index is 1.89. The van der Waals surface area contributed by atoms with Crippen LogP contribution in [0.4, 0.5) is 0 Å². The van der Waals surface area contributed by atoms with Gasteiger partial charge in [0.25, 0.3) is 0 Å². The highest BCUT2D eigenvalue weighted by Gasteiger charge is 2.22. The van der Waals surface area contributed by atoms with E-state index in [0.717, 1.165) is 12.5 Å². The van der Waals surface area contributed by atoms with Crippen LogP contribution in [0.3, 0.4) is 0 Å². The van der Waals surface area contributed by atoms with E-state index in [1.807, 2.05) is 7.05 Å². The van der Waals surface area contributed by atoms with Gasteiger partial charge in [0.15, 0.2) is 0 Å². The van der Waals surface area contributed by atoms with E-state index < -0.39 is 0 Å². The van der Waals surface area contributed by atoms with E-state index in [1.54, 1.807) is 0 Å². The van der Waals surface area contributed by atoms with E-state index in [-0.39, 0.29) is 0 Å². The largest absolute Gasteiger partial charge is 0.376 e. The second-order valence-electron chi connectivity index (χ2n) is 6.09. The summed E-state index contributed by atoms with van der Waals surface area (Å²) < 4.78 is 6.21. The summed E-state index contributed by atoms with van der Waals surface area (Å²) >= 11 is 0. The molecule has 3 unspecified atom stereocenters. The molecule has 112 valence electrons. The summed E-state index contributed by atoms with van der Waals surface area (Å²) in [6.45, 7) is 5.26. The molecular weight excluding hydrogens is 246 g/mol. The van der Waals surface area contributed by atoms with Crippen LogP contribution in [0.25, 0.3) is 0 Å². The van der Waals surface area contributed by atoms with E-state index in [0.29, 0.717) is 12.1 Å². The molecule has 0 saturated heterocycles. The Labute approximate surface area is 123 Å². The molecule has 0 aliphatic heterocycles. The molecule has 0 amide bonds. The molecule has 1 aromatic carbocycles. The first-order valence-electron chi connectivity index (χ1n) is 8.09. The van der Waals surface area contributed by atoms with Crippen molar-refractivity contribution >= 4 is 0 Å². The van der Waals surface area contributed by atoms with Crippen molar-refractivity contribution in [1.29, 1.82) is 0 Å². The van der Waals surface area contributed by atoms with Crippen LogP contribution >= 0.6 is 0 Å². The van der Waals surface area contributed by atoms with Gasteiger partial charge in [-0.1, -0.05) is 50.5 Å². The summed E-state index contributed by atoms with van der Waals surface area (Å²) in [6, 6.07) is 8.89. The topological polar surface area (TPSA) is 21.3 Å². The van der Waals surface area contributed by atoms with Crippen LogP contribution in [0.15, 0.2) is 24.3 Å². The van der Waals surface area contributed by atoms with Crippen molar-refractivity contribution in [2.24, 2.45) is 5.92 Å². The van der Waals surface area contributed by atoms with Crippen LogP contribution in [-0.4, -0.2) is 19.8 Å². The zero-order valence-electron chi connectivity index (χ0n) is 13.2. The lowest BCUT2D eigenvalue weighted by Crippen LogP contribution is -2.28. The van der Waals surface area contributed by atoms with E-state index in [2.05, 4.69) is 43.4 Å². The summed E-state index contributed by atoms with van der Waals surface area (Å²) in [5.41, 5.74) is 2.70. The molecule has 0 radical (unpaired) electrons. The van der Waals surface area contributed by atoms with E-state index in [4.69, 9.17) is 4.74 Å². The molecule has 1 N–H and O–H groups in total. The maximum atomic E-state index is 6.21. The molecule has 1 saturated carbocycles. The molecule has 3 atom stereocenters. The number of nitrogens with one attached hydrogen (secondary N) is 1. The molecule has 0 heterocycles. The fourth-order valence-electron chi connectivity index (χ4n) is 3.30. The molecule has 0 spiro atoms. The van der Waals surface area contributed by atoms with Gasteiger partial charge in [-0.15, -0.1) is 0 Å². The minimum absolute atomic E-state index is 0.304. The van der Waals surface area contributed by atoms with Crippen LogP contribution < -0.4 is 5.32 Å². The van der Waals surface area contributed by atoms with Gasteiger partial charge in [0.1, 0.15) is 0 Å². The maximum absolute atomic E-state index is 6.21. The van der Waals surface area contributed by atoms with Gasteiger partial charge < -0.3 is 10.1 Å². The average molecular weight is 275 g/mol. The van der Waals surface area contributed by atoms with Crippen molar-refractivity contribution in [3.63, 3.8) is 0 Å². The predicted molar refractivity (Wildman–Crippen MR) is 85.0 cm³/mol. The minimum atomic E-state index is 0.304. The van der Waals surface area contributed by atoms with Crippen molar-refractivity contribution in [2.45, 2.75) is 58.1 Å². The molecule has 2 rings (SSSR count). The average Bonchev–Trinajstić information content (AvgIpc) is 2.49. The van der Waals surface area contributed by atoms with Crippen molar-refractivity contribution in [3.8, 4) is 0 Å². The monoisotopic (exact) mass is 275 g/mol. The van der Waals surface area contributed by atoms with Gasteiger partial charge in [-0.05, 0) is 43.9 Å². The summed E-state index contributed by atoms with van der Waals surface area (Å²) in [6.07, 6.45) is 6.98. The smallest absolute Gasteiger partial charge is 0.0665 e. The molecule has 1 aliphatic carbocycles. The molecular formula is C18H29NO. The second-order valence-corrected chi connectivity index (χ2v) is 6.09. The number of benzene rings is 1. The molecule has 1 aliphatic rings. The van der Waals surface area contributed by atoms with Crippen molar-refractivity contribution in [3.05, 3.63) is 35.4 Å². The van der Waals surface area contributed by atoms with Crippen LogP contribution in [-0.2, 0) is 4.74 Å². The first-order chi connectivity index (χ1) is 9.74. The molecule has 0 bridgehead atoms. The number of aryl methyl sites for hydroxylation is 1. The summed E-state index contributed by atoms with van der Waals surface area (Å²) in [5, 5.41) is 3.40. The molecule has 2 heteroatoms. The summed E-state index contributed by atoms with van der Waals surface area (Å²) in [4.78, 5) is 0. The third-order valence-corrected chi connectivity index (χ3v) is 4.72. The maximum Gasteiger partial charge on any atom is 0.0665 e. The Morgan fingerprint density at radius 3 is 2.80 bits per heavy atom. The van der Waals surface area contributed by atoms with Gasteiger partial charge >= 0.3 is 0 Å². The van der Waals surface area contributed by atoms with Gasteiger partial charge in [-0.25, -0.2) is 0 Å². The zero-order chi connectivity index (χ0) is 14.4. The molecule has 0 aromatic heterocycles. The zero-order valence-corrected chi connectivity index (χ0v) is 13.2. The summed E-state index contributed by atoms with van der Waals surface area (Å²) in [7, 11) is 2.02. The van der Waals surface area contributed by atoms with Crippen LogP contribution in [0.5, 0.6) is 0 Å². The Kier molecular flexibility index (Phi) is 6.06. The minimum Gasteiger partial charge on any atom is -0.376 e. The number of hydrogen-bond donors (Lipinski definition) is 1. The summed E-state index contributed by atoms with van der Waals surface area (Å²) in [5.74, 6) is 0.875. The predicted octanol–water partition coefficient (Wildman–Crippen LogP) is 4.24. The third kappa shape index (κ3) is 4.07. The molecule has 2 nitrogen and oxygen atoms in total. The number of likely N-dealkylation sites (N-methyl/N-ethyl adjacent to an activating group) is 1. The quantitative estimate of drug-likeness (QED) is 0.838. The highest BCUT2D eigenvalue weighted by atomic mass is 16.5. The Morgan fingerprint density at radius 2 is 2.10 bits per heavy atom. The number of ether oxygens (including phenoxy) is 1. The first-order valence-corrected chi connectivity index (χ1v) is 8.09. The fraction of sp³-hybridized carbons (Fsp3) is 0.667. The Morgan fingerprint density at radius 1 is 1.30 bits per heavy atom. The van der Waals surface area contributed by atoms with Crippen molar-refractivity contribution < 1.29 is 4.74 Å². The van der Waals surface area contributed by atoms with Crippen LogP contribution in [0.2, 0.25) is 0 Å². The van der Waals surface area contributed by atoms with E-state index >= 15 is 0 Å². The highest BCUT2D eigenvalue weighted by Crippen LogP contribution is 2.29. The SMILES string of the molecule is CCC1CCCC(OCC(NC)c2ccccc2C)C1. The van der Waals surface area contributed by atoms with Gasteiger partial charge in [-0.2, -0.15) is 0 Å². The van der Waals surface area contributed by atoms with E-state index in [9.17, 15) is 0 Å². The van der Waals surface area contributed by atoms with Gasteiger partial charge in [0.2, 0.25) is 0 Å². The Bertz CT molecular complexity index is 404. The Hall–Kier alpha value is -0.860. The lowest BCUT2D eigenvalue weighted by Gasteiger charge is -2.30. The lowest BCUT2D eigenvalue weighted by atomic mass is 9.85. The van der Waals surface area contributed by atoms with Gasteiger partial charge in [-0.3, -0.25) is 0 Å². The van der Waals surface area contributed by atoms with Crippen molar-refractivity contribution in [2.75, 3.05) is 13.7 Å². The lowest BCUT2D eigenvalue weighted by molar-refractivity contribution is 0.00201. The molecule has 20 heavy (non-hydrogen) atoms. The molecule has 1 fully saturated rings. The van der Waals surface area contributed by atoms with Crippen LogP contribution in [0, 0.1) is 12.8 Å². The van der Waals surface area contributed by atoms with Gasteiger partial charge in [0, 0.05) is 0 Å². The first kappa shape index (κ1) is 15.5. The second kappa shape index (κ2) is 7.80. The number of hydrogen-bond acceptors (Lipinski definition) is 2. The third-order valence-electron chi connectivity index (χ3n) is 4.72. The molecule has 1 aromatic rings. The van der Waals surface area contributed by atoms with Gasteiger partial charge in [0.05, 0.1) is 18.8 Å². The highest BCUT2D eigenvalue weighted by molar-refractivity contribution is 5.28. The van der Waals surface area contributed by atoms with Crippen molar-refractivity contribution in [1.82, 2.24) is 5.32 Å². The standard InChI is InChI=1S/C18H29NO/c1-4-15-9-7-10-16(12-15)20-13-18(19-3)17-11-6-5-8-14(17)2/h5-6,8,11,15-16,18-19H,4,7,9-10,12-13H2,1-3H3. The normalized spacial score (nSPS) is 24.6.